The Labute approximate surface area is 88.7 Å². The lowest BCUT2D eigenvalue weighted by Crippen LogP contribution is -2.26. The Kier molecular flexibility index (Phi) is 2.52. The van der Waals surface area contributed by atoms with E-state index in [9.17, 15) is 4.79 Å². The van der Waals surface area contributed by atoms with Crippen LogP contribution in [0.15, 0.2) is 36.4 Å². The normalized spacial score (nSPS) is 12.7. The van der Waals surface area contributed by atoms with Crippen LogP contribution in [0.4, 0.5) is 0 Å². The van der Waals surface area contributed by atoms with Crippen LogP contribution in [0.3, 0.4) is 0 Å². The van der Waals surface area contributed by atoms with Crippen molar-refractivity contribution in [1.82, 2.24) is 0 Å². The van der Waals surface area contributed by atoms with Crippen molar-refractivity contribution >= 4 is 16.6 Å². The number of fused-ring (bicyclic) bond motifs is 1. The lowest BCUT2D eigenvalue weighted by molar-refractivity contribution is 0.0969. The second-order valence-corrected chi connectivity index (χ2v) is 3.59. The van der Waals surface area contributed by atoms with Gasteiger partial charge in [-0.1, -0.05) is 36.4 Å². The van der Waals surface area contributed by atoms with Gasteiger partial charge >= 0.3 is 0 Å². The molecule has 75 valence electrons. The van der Waals surface area contributed by atoms with Crippen LogP contribution in [0.25, 0.3) is 10.8 Å². The molecule has 0 aliphatic heterocycles. The maximum atomic E-state index is 11.8. The van der Waals surface area contributed by atoms with E-state index >= 15 is 0 Å². The van der Waals surface area contributed by atoms with Gasteiger partial charge in [-0.2, -0.15) is 0 Å². The van der Waals surface area contributed by atoms with Crippen molar-refractivity contribution < 1.29 is 4.79 Å². The predicted molar refractivity (Wildman–Crippen MR) is 60.8 cm³/mol. The molecule has 2 aromatic rings. The Morgan fingerprint density at radius 3 is 2.80 bits per heavy atom. The van der Waals surface area contributed by atoms with E-state index in [1.807, 2.05) is 30.3 Å². The Morgan fingerprint density at radius 2 is 2.07 bits per heavy atom. The Bertz CT molecular complexity index is 497. The van der Waals surface area contributed by atoms with Crippen molar-refractivity contribution in [3.8, 4) is 0 Å². The van der Waals surface area contributed by atoms with Crippen molar-refractivity contribution in [3.05, 3.63) is 48.0 Å². The van der Waals surface area contributed by atoms with Gasteiger partial charge in [0.25, 0.3) is 0 Å². The number of hydrogen-bond acceptors (Lipinski definition) is 2. The maximum absolute atomic E-state index is 11.8. The van der Waals surface area contributed by atoms with Crippen molar-refractivity contribution in [3.63, 3.8) is 0 Å². The molecule has 0 aliphatic carbocycles. The van der Waals surface area contributed by atoms with Gasteiger partial charge in [-0.05, 0) is 23.8 Å². The van der Waals surface area contributed by atoms with Gasteiger partial charge in [-0.15, -0.1) is 0 Å². The van der Waals surface area contributed by atoms with Gasteiger partial charge in [-0.3, -0.25) is 4.79 Å². The molecule has 2 nitrogen and oxygen atoms in total. The highest BCUT2D eigenvalue weighted by atomic mass is 16.1. The summed E-state index contributed by atoms with van der Waals surface area (Å²) in [7, 11) is 0. The van der Waals surface area contributed by atoms with E-state index in [2.05, 4.69) is 6.07 Å². The summed E-state index contributed by atoms with van der Waals surface area (Å²) in [6.07, 6.45) is 0. The molecule has 2 rings (SSSR count). The Balaban J connectivity index is 2.66. The predicted octanol–water partition coefficient (Wildman–Crippen LogP) is 2.17. The first kappa shape index (κ1) is 9.87. The number of nitrogens with two attached hydrogens (primary N) is 1. The van der Waals surface area contributed by atoms with Crippen molar-refractivity contribution in [2.45, 2.75) is 13.0 Å². The van der Waals surface area contributed by atoms with Crippen LogP contribution in [0.2, 0.25) is 0 Å². The third-order valence-electron chi connectivity index (χ3n) is 2.38. The number of hydrogen-bond donors (Lipinski definition) is 1. The fraction of sp³-hybridized carbons (Fsp3) is 0.154. The van der Waals surface area contributed by atoms with E-state index in [1.165, 1.54) is 0 Å². The highest BCUT2D eigenvalue weighted by Crippen LogP contribution is 2.18. The van der Waals surface area contributed by atoms with Gasteiger partial charge in [-0.25, -0.2) is 0 Å². The van der Waals surface area contributed by atoms with E-state index in [-0.39, 0.29) is 5.78 Å². The van der Waals surface area contributed by atoms with Crippen molar-refractivity contribution in [2.75, 3.05) is 0 Å². The van der Waals surface area contributed by atoms with Gasteiger partial charge < -0.3 is 5.73 Å². The minimum atomic E-state index is -0.480. The number of Topliss-reactive ketones (excluding diaryl/α,β-unsaturated/α-hetero) is 1. The molecule has 0 heterocycles. The third-order valence-corrected chi connectivity index (χ3v) is 2.38. The SMILES string of the molecule is C[C@H](N)C(=O)c1[c]ccc2ccccc12. The summed E-state index contributed by atoms with van der Waals surface area (Å²) in [5, 5.41) is 1.96. The molecule has 2 heteroatoms. The minimum Gasteiger partial charge on any atom is -0.321 e. The molecular weight excluding hydrogens is 186 g/mol. The summed E-state index contributed by atoms with van der Waals surface area (Å²) in [6.45, 7) is 1.69. The summed E-state index contributed by atoms with van der Waals surface area (Å²) in [5.74, 6) is -0.0631. The van der Waals surface area contributed by atoms with Crippen molar-refractivity contribution in [1.29, 1.82) is 0 Å². The van der Waals surface area contributed by atoms with E-state index < -0.39 is 6.04 Å². The molecule has 0 unspecified atom stereocenters. The first-order valence-electron chi connectivity index (χ1n) is 4.89. The van der Waals surface area contributed by atoms with E-state index in [0.29, 0.717) is 5.56 Å². The topological polar surface area (TPSA) is 43.1 Å². The van der Waals surface area contributed by atoms with Crippen LogP contribution in [0.5, 0.6) is 0 Å². The first-order valence-corrected chi connectivity index (χ1v) is 4.89. The summed E-state index contributed by atoms with van der Waals surface area (Å²) >= 11 is 0. The molecular formula is C13H12NO. The van der Waals surface area contributed by atoms with E-state index in [1.54, 1.807) is 13.0 Å². The maximum Gasteiger partial charge on any atom is 0.180 e. The molecule has 0 bridgehead atoms. The lowest BCUT2D eigenvalue weighted by Gasteiger charge is -2.07. The van der Waals surface area contributed by atoms with Crippen LogP contribution in [0, 0.1) is 6.07 Å². The molecule has 0 spiro atoms. The number of carbonyl (C=O) groups excluding carboxylic acids is 1. The molecule has 1 radical (unpaired) electrons. The van der Waals surface area contributed by atoms with Gasteiger partial charge in [0.2, 0.25) is 0 Å². The molecule has 0 amide bonds. The van der Waals surface area contributed by atoms with Gasteiger partial charge in [0, 0.05) is 5.56 Å². The molecule has 15 heavy (non-hydrogen) atoms. The average Bonchev–Trinajstić information content (AvgIpc) is 2.27. The van der Waals surface area contributed by atoms with Crippen LogP contribution in [-0.2, 0) is 0 Å². The van der Waals surface area contributed by atoms with E-state index in [0.717, 1.165) is 10.8 Å². The van der Waals surface area contributed by atoms with Crippen LogP contribution >= 0.6 is 0 Å². The monoisotopic (exact) mass is 198 g/mol. The van der Waals surface area contributed by atoms with Gasteiger partial charge in [0.15, 0.2) is 5.78 Å². The van der Waals surface area contributed by atoms with Gasteiger partial charge in [0.1, 0.15) is 0 Å². The van der Waals surface area contributed by atoms with Crippen LogP contribution < -0.4 is 5.73 Å². The zero-order valence-electron chi connectivity index (χ0n) is 8.53. The Morgan fingerprint density at radius 1 is 1.33 bits per heavy atom. The molecule has 1 atom stereocenters. The molecule has 0 aliphatic rings. The fourth-order valence-corrected chi connectivity index (χ4v) is 1.59. The molecule has 2 N–H and O–H groups in total. The highest BCUT2D eigenvalue weighted by Gasteiger charge is 2.13. The number of benzene rings is 2. The van der Waals surface area contributed by atoms with Crippen molar-refractivity contribution in [2.24, 2.45) is 5.73 Å². The Hall–Kier alpha value is -1.67. The van der Waals surface area contributed by atoms with Crippen LogP contribution in [0.1, 0.15) is 17.3 Å². The summed E-state index contributed by atoms with van der Waals surface area (Å²) in [5.41, 5.74) is 6.18. The minimum absolute atomic E-state index is 0.0631. The zero-order valence-corrected chi connectivity index (χ0v) is 8.53. The quantitative estimate of drug-likeness (QED) is 0.751. The second-order valence-electron chi connectivity index (χ2n) is 3.59. The number of rotatable bonds is 2. The van der Waals surface area contributed by atoms with Crippen LogP contribution in [-0.4, -0.2) is 11.8 Å². The molecule has 2 aromatic carbocycles. The summed E-state index contributed by atoms with van der Waals surface area (Å²) in [4.78, 5) is 11.8. The molecule has 0 fully saturated rings. The molecule has 0 saturated heterocycles. The standard InChI is InChI=1S/C13H12NO/c1-9(14)13(15)12-8-4-6-10-5-2-3-7-11(10)12/h2-7,9H,14H2,1H3/t9-/m0/s1. The average molecular weight is 198 g/mol. The first-order chi connectivity index (χ1) is 7.20. The zero-order chi connectivity index (χ0) is 10.8. The molecule has 0 saturated carbocycles. The molecule has 0 aromatic heterocycles. The second kappa shape index (κ2) is 3.83. The lowest BCUT2D eigenvalue weighted by atomic mass is 9.99. The van der Waals surface area contributed by atoms with Gasteiger partial charge in [0.05, 0.1) is 6.04 Å². The van der Waals surface area contributed by atoms with E-state index in [4.69, 9.17) is 5.73 Å². The summed E-state index contributed by atoms with van der Waals surface area (Å²) in [6, 6.07) is 13.9. The largest absolute Gasteiger partial charge is 0.321 e. The smallest absolute Gasteiger partial charge is 0.180 e. The number of carbonyl (C=O) groups is 1. The fourth-order valence-electron chi connectivity index (χ4n) is 1.59. The third kappa shape index (κ3) is 1.76. The summed E-state index contributed by atoms with van der Waals surface area (Å²) < 4.78 is 0. The highest BCUT2D eigenvalue weighted by molar-refractivity contribution is 6.09. The number of ketones is 1.